The Morgan fingerprint density at radius 2 is 2.32 bits per heavy atom. The minimum atomic E-state index is -0.533. The van der Waals surface area contributed by atoms with Gasteiger partial charge in [0.25, 0.3) is 5.69 Å². The van der Waals surface area contributed by atoms with E-state index >= 15 is 0 Å². The topological polar surface area (TPSA) is 87.6 Å². The average Bonchev–Trinajstić information content (AvgIpc) is 2.35. The largest absolute Gasteiger partial charge is 0.488 e. The maximum absolute atomic E-state index is 10.6. The molecule has 7 heteroatoms. The molecule has 19 heavy (non-hydrogen) atoms. The van der Waals surface area contributed by atoms with Gasteiger partial charge in [-0.05, 0) is 13.0 Å². The number of nitrogens with two attached hydrogens (primary N) is 1. The molecule has 0 radical (unpaired) electrons. The zero-order chi connectivity index (χ0) is 14.0. The van der Waals surface area contributed by atoms with Crippen molar-refractivity contribution >= 4 is 17.3 Å². The summed E-state index contributed by atoms with van der Waals surface area (Å²) in [4.78, 5) is 10.1. The molecule has 1 aromatic carbocycles. The highest BCUT2D eigenvalue weighted by Gasteiger charge is 2.41. The Balaban J connectivity index is 2.04. The van der Waals surface area contributed by atoms with Crippen molar-refractivity contribution in [1.29, 1.82) is 0 Å². The minimum Gasteiger partial charge on any atom is -0.488 e. The molecule has 0 bridgehead atoms. The van der Waals surface area contributed by atoms with Gasteiger partial charge in [-0.2, -0.15) is 0 Å². The van der Waals surface area contributed by atoms with Gasteiger partial charge in [-0.25, -0.2) is 0 Å². The summed E-state index contributed by atoms with van der Waals surface area (Å²) in [6, 6.07) is 4.26. The summed E-state index contributed by atoms with van der Waals surface area (Å²) in [6.45, 7) is 2.46. The van der Waals surface area contributed by atoms with Crippen LogP contribution in [0, 0.1) is 10.1 Å². The number of nitro benzene ring substituents is 1. The first kappa shape index (κ1) is 14.0. The van der Waals surface area contributed by atoms with Gasteiger partial charge in [0.1, 0.15) is 23.0 Å². The van der Waals surface area contributed by atoms with Crippen LogP contribution in [0.1, 0.15) is 13.3 Å². The van der Waals surface area contributed by atoms with Gasteiger partial charge in [0.15, 0.2) is 0 Å². The van der Waals surface area contributed by atoms with Gasteiger partial charge in [-0.1, -0.05) is 11.6 Å². The number of nitro groups is 1. The lowest BCUT2D eigenvalue weighted by molar-refractivity contribution is -0.384. The van der Waals surface area contributed by atoms with Gasteiger partial charge in [-0.15, -0.1) is 0 Å². The van der Waals surface area contributed by atoms with Crippen LogP contribution >= 0.6 is 11.6 Å². The Morgan fingerprint density at radius 1 is 1.58 bits per heavy atom. The second-order valence-corrected chi connectivity index (χ2v) is 4.75. The van der Waals surface area contributed by atoms with E-state index in [4.69, 9.17) is 26.8 Å². The van der Waals surface area contributed by atoms with E-state index in [0.717, 1.165) is 0 Å². The molecule has 0 saturated heterocycles. The molecular formula is C12H15ClN2O4. The highest BCUT2D eigenvalue weighted by Crippen LogP contribution is 2.32. The van der Waals surface area contributed by atoms with E-state index in [1.54, 1.807) is 0 Å². The number of rotatable bonds is 5. The zero-order valence-electron chi connectivity index (χ0n) is 10.4. The van der Waals surface area contributed by atoms with Crippen molar-refractivity contribution in [3.05, 3.63) is 33.3 Å². The number of halogens is 1. The molecule has 0 heterocycles. The van der Waals surface area contributed by atoms with Gasteiger partial charge < -0.3 is 15.2 Å². The van der Waals surface area contributed by atoms with Crippen molar-refractivity contribution < 1.29 is 14.4 Å². The Kier molecular flexibility index (Phi) is 4.24. The molecule has 0 aromatic heterocycles. The molecule has 6 nitrogen and oxygen atoms in total. The lowest BCUT2D eigenvalue weighted by atomic mass is 9.86. The van der Waals surface area contributed by atoms with Crippen LogP contribution in [-0.2, 0) is 4.74 Å². The van der Waals surface area contributed by atoms with Gasteiger partial charge in [0.05, 0.1) is 4.92 Å². The summed E-state index contributed by atoms with van der Waals surface area (Å²) in [6.07, 6.45) is 0.422. The fourth-order valence-corrected chi connectivity index (χ4v) is 2.28. The van der Waals surface area contributed by atoms with Crippen LogP contribution in [0.2, 0.25) is 5.02 Å². The third kappa shape index (κ3) is 2.97. The molecule has 1 aliphatic rings. The summed E-state index contributed by atoms with van der Waals surface area (Å²) in [5.74, 6) is 0.484. The lowest BCUT2D eigenvalue weighted by Crippen LogP contribution is -2.59. The second kappa shape index (κ2) is 5.73. The van der Waals surface area contributed by atoms with Crippen LogP contribution < -0.4 is 10.5 Å². The van der Waals surface area contributed by atoms with Gasteiger partial charge >= 0.3 is 0 Å². The first-order valence-corrected chi connectivity index (χ1v) is 6.38. The van der Waals surface area contributed by atoms with Crippen molar-refractivity contribution in [2.24, 2.45) is 5.73 Å². The summed E-state index contributed by atoms with van der Waals surface area (Å²) in [5, 5.41) is 10.7. The summed E-state index contributed by atoms with van der Waals surface area (Å²) >= 11 is 5.82. The van der Waals surface area contributed by atoms with Crippen LogP contribution in [0.4, 0.5) is 5.69 Å². The van der Waals surface area contributed by atoms with Crippen LogP contribution in [0.25, 0.3) is 0 Å². The van der Waals surface area contributed by atoms with Crippen molar-refractivity contribution in [3.63, 3.8) is 0 Å². The second-order valence-electron chi connectivity index (χ2n) is 4.35. The molecule has 2 rings (SSSR count). The van der Waals surface area contributed by atoms with Gasteiger partial charge in [-0.3, -0.25) is 10.1 Å². The summed E-state index contributed by atoms with van der Waals surface area (Å²) in [5.41, 5.74) is 5.69. The lowest BCUT2D eigenvalue weighted by Gasteiger charge is -2.41. The minimum absolute atomic E-state index is 0.0292. The third-order valence-corrected chi connectivity index (χ3v) is 3.36. The quantitative estimate of drug-likeness (QED) is 0.662. The fraction of sp³-hybridized carbons (Fsp3) is 0.500. The third-order valence-electron chi connectivity index (χ3n) is 3.06. The number of hydrogen-bond donors (Lipinski definition) is 1. The van der Waals surface area contributed by atoms with E-state index in [9.17, 15) is 10.1 Å². The highest BCUT2D eigenvalue weighted by atomic mass is 35.5. The maximum atomic E-state index is 10.6. The number of benzene rings is 1. The first-order valence-electron chi connectivity index (χ1n) is 6.00. The Bertz CT molecular complexity index is 483. The van der Waals surface area contributed by atoms with E-state index in [0.29, 0.717) is 18.8 Å². The average molecular weight is 287 g/mol. The first-order chi connectivity index (χ1) is 9.02. The van der Waals surface area contributed by atoms with Crippen molar-refractivity contribution in [1.82, 2.24) is 0 Å². The van der Waals surface area contributed by atoms with Crippen LogP contribution in [0.15, 0.2) is 18.2 Å². The molecule has 0 amide bonds. The molecule has 0 aliphatic heterocycles. The van der Waals surface area contributed by atoms with Crippen molar-refractivity contribution in [3.8, 4) is 5.75 Å². The monoisotopic (exact) mass is 286 g/mol. The van der Waals surface area contributed by atoms with E-state index in [-0.39, 0.29) is 29.0 Å². The zero-order valence-corrected chi connectivity index (χ0v) is 11.2. The van der Waals surface area contributed by atoms with Gasteiger partial charge in [0, 0.05) is 31.2 Å². The van der Waals surface area contributed by atoms with Crippen molar-refractivity contribution in [2.45, 2.75) is 31.6 Å². The SMILES string of the molecule is CCOC1C(N)CC1Oc1ccc([N+](=O)[O-])c(Cl)c1. The molecule has 2 N–H and O–H groups in total. The number of ether oxygens (including phenoxy) is 2. The highest BCUT2D eigenvalue weighted by molar-refractivity contribution is 6.32. The number of nitrogens with zero attached hydrogens (tertiary/aromatic N) is 1. The van der Waals surface area contributed by atoms with Crippen LogP contribution in [-0.4, -0.2) is 29.8 Å². The molecule has 1 saturated carbocycles. The molecule has 1 aromatic rings. The van der Waals surface area contributed by atoms with E-state index in [1.165, 1.54) is 18.2 Å². The molecular weight excluding hydrogens is 272 g/mol. The molecule has 0 spiro atoms. The van der Waals surface area contributed by atoms with Crippen molar-refractivity contribution in [2.75, 3.05) is 6.61 Å². The van der Waals surface area contributed by atoms with Crippen LogP contribution in [0.3, 0.4) is 0 Å². The Hall–Kier alpha value is -1.37. The fourth-order valence-electron chi connectivity index (χ4n) is 2.04. The molecule has 3 unspecified atom stereocenters. The van der Waals surface area contributed by atoms with Gasteiger partial charge in [0.2, 0.25) is 0 Å². The molecule has 3 atom stereocenters. The molecule has 104 valence electrons. The molecule has 1 aliphatic carbocycles. The summed E-state index contributed by atoms with van der Waals surface area (Å²) < 4.78 is 11.2. The Labute approximate surface area is 115 Å². The smallest absolute Gasteiger partial charge is 0.288 e. The molecule has 1 fully saturated rings. The maximum Gasteiger partial charge on any atom is 0.288 e. The van der Waals surface area contributed by atoms with E-state index in [2.05, 4.69) is 0 Å². The predicted octanol–water partition coefficient (Wildman–Crippen LogP) is 2.13. The van der Waals surface area contributed by atoms with E-state index < -0.39 is 4.92 Å². The van der Waals surface area contributed by atoms with Crippen LogP contribution in [0.5, 0.6) is 5.75 Å². The van der Waals surface area contributed by atoms with E-state index in [1.807, 2.05) is 6.92 Å². The number of hydrogen-bond acceptors (Lipinski definition) is 5. The Morgan fingerprint density at radius 3 is 2.84 bits per heavy atom. The standard InChI is InChI=1S/C12H15ClN2O4/c1-2-18-12-9(14)6-11(12)19-7-3-4-10(15(16)17)8(13)5-7/h3-5,9,11-12H,2,6,14H2,1H3. The predicted molar refractivity (Wildman–Crippen MR) is 70.5 cm³/mol. The summed E-state index contributed by atoms with van der Waals surface area (Å²) in [7, 11) is 0. The normalized spacial score (nSPS) is 25.7.